The molecule has 1 unspecified atom stereocenters. The van der Waals surface area contributed by atoms with Crippen LogP contribution in [0.4, 0.5) is 4.79 Å². The number of carbonyl (C=O) groups is 1. The van der Waals surface area contributed by atoms with Crippen molar-refractivity contribution in [3.05, 3.63) is 71.8 Å². The SMILES string of the molecule is CCCCCCCCNC(=O)OCC1CN(Cc2ccccc2)CCN1Cc1ccccc1. The highest BCUT2D eigenvalue weighted by Gasteiger charge is 2.28. The highest BCUT2D eigenvalue weighted by atomic mass is 16.5. The van der Waals surface area contributed by atoms with E-state index in [-0.39, 0.29) is 12.1 Å². The minimum absolute atomic E-state index is 0.183. The Labute approximate surface area is 200 Å². The molecule has 33 heavy (non-hydrogen) atoms. The van der Waals surface area contributed by atoms with Gasteiger partial charge in [0.05, 0.1) is 6.04 Å². The van der Waals surface area contributed by atoms with Crippen molar-refractivity contribution in [2.75, 3.05) is 32.8 Å². The van der Waals surface area contributed by atoms with Crippen LogP contribution < -0.4 is 5.32 Å². The lowest BCUT2D eigenvalue weighted by Crippen LogP contribution is -2.54. The Bertz CT molecular complexity index is 784. The van der Waals surface area contributed by atoms with Gasteiger partial charge in [-0.25, -0.2) is 4.79 Å². The fourth-order valence-corrected chi connectivity index (χ4v) is 4.45. The van der Waals surface area contributed by atoms with Crippen LogP contribution in [0.5, 0.6) is 0 Å². The summed E-state index contributed by atoms with van der Waals surface area (Å²) in [4.78, 5) is 17.2. The number of benzene rings is 2. The van der Waals surface area contributed by atoms with Crippen molar-refractivity contribution >= 4 is 6.09 Å². The summed E-state index contributed by atoms with van der Waals surface area (Å²) in [6.07, 6.45) is 7.00. The maximum atomic E-state index is 12.3. The first kappa shape index (κ1) is 25.3. The average Bonchev–Trinajstić information content (AvgIpc) is 2.85. The summed E-state index contributed by atoms with van der Waals surface area (Å²) in [6.45, 7) is 8.04. The zero-order valence-corrected chi connectivity index (χ0v) is 20.3. The van der Waals surface area contributed by atoms with Gasteiger partial charge in [0.25, 0.3) is 0 Å². The third-order valence-electron chi connectivity index (χ3n) is 6.37. The largest absolute Gasteiger partial charge is 0.448 e. The van der Waals surface area contributed by atoms with Crippen LogP contribution in [0.15, 0.2) is 60.7 Å². The van der Waals surface area contributed by atoms with E-state index in [0.717, 1.165) is 39.1 Å². The molecule has 0 spiro atoms. The molecule has 0 aliphatic carbocycles. The number of rotatable bonds is 13. The van der Waals surface area contributed by atoms with E-state index in [1.54, 1.807) is 0 Å². The van der Waals surface area contributed by atoms with Crippen LogP contribution in [0.25, 0.3) is 0 Å². The van der Waals surface area contributed by atoms with E-state index in [1.807, 2.05) is 0 Å². The van der Waals surface area contributed by atoms with Crippen LogP contribution >= 0.6 is 0 Å². The highest BCUT2D eigenvalue weighted by molar-refractivity contribution is 5.67. The highest BCUT2D eigenvalue weighted by Crippen LogP contribution is 2.17. The zero-order chi connectivity index (χ0) is 23.1. The lowest BCUT2D eigenvalue weighted by Gasteiger charge is -2.41. The van der Waals surface area contributed by atoms with E-state index >= 15 is 0 Å². The molecule has 180 valence electrons. The number of unbranched alkanes of at least 4 members (excludes halogenated alkanes) is 5. The van der Waals surface area contributed by atoms with Crippen molar-refractivity contribution in [3.8, 4) is 0 Å². The lowest BCUT2D eigenvalue weighted by molar-refractivity contribution is 0.0233. The van der Waals surface area contributed by atoms with E-state index in [1.165, 1.54) is 43.2 Å². The fraction of sp³-hybridized carbons (Fsp3) is 0.536. The van der Waals surface area contributed by atoms with Gasteiger partial charge in [0.1, 0.15) is 6.61 Å². The van der Waals surface area contributed by atoms with Crippen molar-refractivity contribution in [1.82, 2.24) is 15.1 Å². The third kappa shape index (κ3) is 9.56. The van der Waals surface area contributed by atoms with Gasteiger partial charge in [-0.1, -0.05) is 99.7 Å². The number of ether oxygens (including phenoxy) is 1. The number of carbonyl (C=O) groups excluding carboxylic acids is 1. The number of nitrogens with zero attached hydrogens (tertiary/aromatic N) is 2. The molecule has 1 fully saturated rings. The Kier molecular flexibility index (Phi) is 11.3. The normalized spacial score (nSPS) is 17.1. The molecule has 5 heteroatoms. The molecule has 5 nitrogen and oxygen atoms in total. The summed E-state index contributed by atoms with van der Waals surface area (Å²) in [7, 11) is 0. The van der Waals surface area contributed by atoms with Crippen molar-refractivity contribution in [2.24, 2.45) is 0 Å². The van der Waals surface area contributed by atoms with Crippen molar-refractivity contribution in [3.63, 3.8) is 0 Å². The number of alkyl carbamates (subject to hydrolysis) is 1. The molecule has 3 rings (SSSR count). The molecule has 1 aliphatic heterocycles. The van der Waals surface area contributed by atoms with Gasteiger partial charge in [-0.2, -0.15) is 0 Å². The molecule has 1 aliphatic rings. The predicted octanol–water partition coefficient (Wildman–Crippen LogP) is 5.46. The van der Waals surface area contributed by atoms with Crippen molar-refractivity contribution in [2.45, 2.75) is 64.6 Å². The van der Waals surface area contributed by atoms with Gasteiger partial charge in [-0.15, -0.1) is 0 Å². The van der Waals surface area contributed by atoms with Gasteiger partial charge in [-0.05, 0) is 17.5 Å². The lowest BCUT2D eigenvalue weighted by atomic mass is 10.1. The number of hydrogen-bond donors (Lipinski definition) is 1. The molecule has 1 amide bonds. The summed E-state index contributed by atoms with van der Waals surface area (Å²) in [5, 5.41) is 2.94. The summed E-state index contributed by atoms with van der Waals surface area (Å²) in [6, 6.07) is 21.3. The maximum absolute atomic E-state index is 12.3. The second-order valence-corrected chi connectivity index (χ2v) is 9.12. The van der Waals surface area contributed by atoms with Gasteiger partial charge in [0.2, 0.25) is 0 Å². The molecule has 1 heterocycles. The molecule has 1 atom stereocenters. The smallest absolute Gasteiger partial charge is 0.407 e. The van der Waals surface area contributed by atoms with Crippen molar-refractivity contribution < 1.29 is 9.53 Å². The Morgan fingerprint density at radius 3 is 2.21 bits per heavy atom. The van der Waals surface area contributed by atoms with Crippen LogP contribution in [-0.2, 0) is 17.8 Å². The topological polar surface area (TPSA) is 44.8 Å². The van der Waals surface area contributed by atoms with Gasteiger partial charge >= 0.3 is 6.09 Å². The molecule has 2 aromatic rings. The first-order valence-corrected chi connectivity index (χ1v) is 12.7. The molecule has 0 radical (unpaired) electrons. The first-order valence-electron chi connectivity index (χ1n) is 12.7. The molecule has 2 aromatic carbocycles. The molecule has 0 saturated carbocycles. The molecule has 0 bridgehead atoms. The van der Waals surface area contributed by atoms with Gasteiger partial charge < -0.3 is 10.1 Å². The van der Waals surface area contributed by atoms with Crippen LogP contribution in [-0.4, -0.2) is 54.7 Å². The zero-order valence-electron chi connectivity index (χ0n) is 20.3. The quantitative estimate of drug-likeness (QED) is 0.411. The molecular weight excluding hydrogens is 410 g/mol. The summed E-state index contributed by atoms with van der Waals surface area (Å²) < 4.78 is 5.67. The standard InChI is InChI=1S/C28H41N3O2/c1-2-3-4-5-6-13-18-29-28(32)33-24-27-23-30(21-25-14-9-7-10-15-25)19-20-31(27)22-26-16-11-8-12-17-26/h7-12,14-17,27H,2-6,13,18-24H2,1H3,(H,29,32). The second kappa shape index (κ2) is 14.7. The maximum Gasteiger partial charge on any atom is 0.407 e. The molecule has 1 N–H and O–H groups in total. The Hall–Kier alpha value is -2.37. The first-order chi connectivity index (χ1) is 16.2. The number of piperazine rings is 1. The Morgan fingerprint density at radius 2 is 1.52 bits per heavy atom. The van der Waals surface area contributed by atoms with Crippen LogP contribution in [0.1, 0.15) is 56.6 Å². The molecular formula is C28H41N3O2. The number of nitrogens with one attached hydrogen (secondary N) is 1. The van der Waals surface area contributed by atoms with Crippen molar-refractivity contribution in [1.29, 1.82) is 0 Å². The monoisotopic (exact) mass is 451 g/mol. The fourth-order valence-electron chi connectivity index (χ4n) is 4.45. The second-order valence-electron chi connectivity index (χ2n) is 9.12. The van der Waals surface area contributed by atoms with Gasteiger partial charge in [0.15, 0.2) is 0 Å². The van der Waals surface area contributed by atoms with E-state index < -0.39 is 0 Å². The third-order valence-corrected chi connectivity index (χ3v) is 6.37. The summed E-state index contributed by atoms with van der Waals surface area (Å²) in [5.74, 6) is 0. The molecule has 0 aromatic heterocycles. The minimum atomic E-state index is -0.289. The number of hydrogen-bond acceptors (Lipinski definition) is 4. The van der Waals surface area contributed by atoms with E-state index in [2.05, 4.69) is 82.7 Å². The predicted molar refractivity (Wildman–Crippen MR) is 135 cm³/mol. The van der Waals surface area contributed by atoms with Gasteiger partial charge in [0, 0.05) is 39.3 Å². The average molecular weight is 452 g/mol. The van der Waals surface area contributed by atoms with Crippen LogP contribution in [0.2, 0.25) is 0 Å². The van der Waals surface area contributed by atoms with E-state index in [0.29, 0.717) is 13.2 Å². The van der Waals surface area contributed by atoms with Gasteiger partial charge in [-0.3, -0.25) is 9.80 Å². The van der Waals surface area contributed by atoms with Crippen LogP contribution in [0, 0.1) is 0 Å². The Morgan fingerprint density at radius 1 is 0.879 bits per heavy atom. The minimum Gasteiger partial charge on any atom is -0.448 e. The summed E-state index contributed by atoms with van der Waals surface area (Å²) in [5.41, 5.74) is 2.62. The molecule has 1 saturated heterocycles. The Balaban J connectivity index is 1.47. The van der Waals surface area contributed by atoms with E-state index in [4.69, 9.17) is 4.74 Å². The van der Waals surface area contributed by atoms with E-state index in [9.17, 15) is 4.79 Å². The summed E-state index contributed by atoms with van der Waals surface area (Å²) >= 11 is 0. The van der Waals surface area contributed by atoms with Crippen LogP contribution in [0.3, 0.4) is 0 Å². The number of amides is 1.